The fraction of sp³-hybridized carbons (Fsp3) is 0.727. The van der Waals surface area contributed by atoms with Gasteiger partial charge in [0.1, 0.15) is 0 Å². The van der Waals surface area contributed by atoms with Gasteiger partial charge in [-0.2, -0.15) is 0 Å². The monoisotopic (exact) mass is 198 g/mol. The van der Waals surface area contributed by atoms with Crippen LogP contribution in [0, 0.1) is 5.92 Å². The maximum atomic E-state index is 10.2. The molecule has 0 heterocycles. The molecule has 0 aromatic carbocycles. The van der Waals surface area contributed by atoms with Crippen LogP contribution in [-0.4, -0.2) is 21.8 Å². The summed E-state index contributed by atoms with van der Waals surface area (Å²) in [4.78, 5) is 10.2. The molecular formula is C11H18O3. The molecule has 0 radical (unpaired) electrons. The second-order valence-corrected chi connectivity index (χ2v) is 4.35. The molecule has 0 aromatic heterocycles. The Morgan fingerprint density at radius 3 is 2.57 bits per heavy atom. The van der Waals surface area contributed by atoms with Crippen molar-refractivity contribution in [1.29, 1.82) is 0 Å². The number of aliphatic hydroxyl groups is 1. The van der Waals surface area contributed by atoms with Crippen molar-refractivity contribution in [2.24, 2.45) is 5.92 Å². The van der Waals surface area contributed by atoms with Gasteiger partial charge in [0.2, 0.25) is 0 Å². The predicted molar refractivity (Wildman–Crippen MR) is 54.0 cm³/mol. The quantitative estimate of drug-likeness (QED) is 0.681. The van der Waals surface area contributed by atoms with Crippen molar-refractivity contribution < 1.29 is 15.0 Å². The smallest absolute Gasteiger partial charge is 0.327 e. The average molecular weight is 198 g/mol. The van der Waals surface area contributed by atoms with Crippen LogP contribution in [0.3, 0.4) is 0 Å². The molecule has 1 saturated carbocycles. The Morgan fingerprint density at radius 1 is 1.50 bits per heavy atom. The summed E-state index contributed by atoms with van der Waals surface area (Å²) in [6.45, 7) is 2.19. The zero-order chi connectivity index (χ0) is 10.6. The fourth-order valence-corrected chi connectivity index (χ4v) is 1.88. The summed E-state index contributed by atoms with van der Waals surface area (Å²) >= 11 is 0. The van der Waals surface area contributed by atoms with E-state index in [2.05, 4.69) is 6.92 Å². The highest BCUT2D eigenvalue weighted by Crippen LogP contribution is 2.34. The van der Waals surface area contributed by atoms with Crippen molar-refractivity contribution in [2.75, 3.05) is 0 Å². The van der Waals surface area contributed by atoms with Gasteiger partial charge in [-0.3, -0.25) is 0 Å². The molecule has 3 nitrogen and oxygen atoms in total. The van der Waals surface area contributed by atoms with E-state index in [4.69, 9.17) is 5.11 Å². The lowest BCUT2D eigenvalue weighted by Crippen LogP contribution is -2.32. The van der Waals surface area contributed by atoms with E-state index in [0.29, 0.717) is 12.3 Å². The SMILES string of the molecule is CC1CCC(O)(C/C=C/C(=O)O)CC1. The second kappa shape index (κ2) is 4.60. The molecule has 3 heteroatoms. The maximum absolute atomic E-state index is 10.2. The van der Waals surface area contributed by atoms with E-state index in [0.717, 1.165) is 31.8 Å². The van der Waals surface area contributed by atoms with Crippen LogP contribution in [0.2, 0.25) is 0 Å². The maximum Gasteiger partial charge on any atom is 0.327 e. The molecular weight excluding hydrogens is 180 g/mol. The first-order valence-electron chi connectivity index (χ1n) is 5.14. The number of carboxylic acid groups (broad SMARTS) is 1. The molecule has 1 rings (SSSR count). The molecule has 1 fully saturated rings. The minimum Gasteiger partial charge on any atom is -0.478 e. The standard InChI is InChI=1S/C11H18O3/c1-9-4-7-11(14,8-5-9)6-2-3-10(12)13/h2-3,9,14H,4-8H2,1H3,(H,12,13)/b3-2+. The van der Waals surface area contributed by atoms with Crippen LogP contribution in [0.1, 0.15) is 39.0 Å². The third kappa shape index (κ3) is 3.50. The molecule has 0 aromatic rings. The van der Waals surface area contributed by atoms with Gasteiger partial charge in [-0.05, 0) is 38.0 Å². The van der Waals surface area contributed by atoms with Crippen LogP contribution in [-0.2, 0) is 4.79 Å². The summed E-state index contributed by atoms with van der Waals surface area (Å²) in [5, 5.41) is 18.5. The van der Waals surface area contributed by atoms with Crippen molar-refractivity contribution >= 4 is 5.97 Å². The van der Waals surface area contributed by atoms with Gasteiger partial charge in [-0.25, -0.2) is 4.79 Å². The van der Waals surface area contributed by atoms with E-state index in [1.807, 2.05) is 0 Å². The number of hydrogen-bond acceptors (Lipinski definition) is 2. The van der Waals surface area contributed by atoms with Crippen molar-refractivity contribution in [1.82, 2.24) is 0 Å². The van der Waals surface area contributed by atoms with Gasteiger partial charge in [0.05, 0.1) is 5.60 Å². The number of hydrogen-bond donors (Lipinski definition) is 2. The lowest BCUT2D eigenvalue weighted by atomic mass is 9.78. The fourth-order valence-electron chi connectivity index (χ4n) is 1.88. The van der Waals surface area contributed by atoms with Crippen LogP contribution in [0.4, 0.5) is 0 Å². The minimum atomic E-state index is -0.947. The van der Waals surface area contributed by atoms with Gasteiger partial charge in [-0.1, -0.05) is 13.0 Å². The molecule has 0 amide bonds. The van der Waals surface area contributed by atoms with Crippen LogP contribution >= 0.6 is 0 Å². The zero-order valence-corrected chi connectivity index (χ0v) is 8.57. The van der Waals surface area contributed by atoms with Crippen molar-refractivity contribution in [2.45, 2.75) is 44.6 Å². The number of rotatable bonds is 3. The molecule has 0 bridgehead atoms. The Balaban J connectivity index is 2.39. The summed E-state index contributed by atoms with van der Waals surface area (Å²) in [5.74, 6) is -0.253. The molecule has 0 spiro atoms. The summed E-state index contributed by atoms with van der Waals surface area (Å²) in [6, 6.07) is 0. The van der Waals surface area contributed by atoms with E-state index < -0.39 is 11.6 Å². The molecule has 80 valence electrons. The number of aliphatic carboxylic acids is 1. The molecule has 0 saturated heterocycles. The Labute approximate surface area is 84.4 Å². The molecule has 0 unspecified atom stereocenters. The Hall–Kier alpha value is -0.830. The van der Waals surface area contributed by atoms with E-state index in [9.17, 15) is 9.90 Å². The first-order valence-corrected chi connectivity index (χ1v) is 5.14. The van der Waals surface area contributed by atoms with Crippen LogP contribution in [0.25, 0.3) is 0 Å². The van der Waals surface area contributed by atoms with E-state index in [1.165, 1.54) is 0 Å². The van der Waals surface area contributed by atoms with E-state index in [-0.39, 0.29) is 0 Å². The largest absolute Gasteiger partial charge is 0.478 e. The van der Waals surface area contributed by atoms with Crippen molar-refractivity contribution in [3.05, 3.63) is 12.2 Å². The van der Waals surface area contributed by atoms with Crippen LogP contribution < -0.4 is 0 Å². The number of carbonyl (C=O) groups is 1. The van der Waals surface area contributed by atoms with Gasteiger partial charge in [0, 0.05) is 6.08 Å². The molecule has 14 heavy (non-hydrogen) atoms. The van der Waals surface area contributed by atoms with E-state index in [1.54, 1.807) is 6.08 Å². The van der Waals surface area contributed by atoms with Gasteiger partial charge >= 0.3 is 5.97 Å². The van der Waals surface area contributed by atoms with Gasteiger partial charge < -0.3 is 10.2 Å². The third-order valence-corrected chi connectivity index (χ3v) is 2.96. The normalized spacial score (nSPS) is 33.4. The highest BCUT2D eigenvalue weighted by Gasteiger charge is 2.30. The first kappa shape index (κ1) is 11.2. The summed E-state index contributed by atoms with van der Waals surface area (Å²) in [7, 11) is 0. The third-order valence-electron chi connectivity index (χ3n) is 2.96. The zero-order valence-electron chi connectivity index (χ0n) is 8.57. The average Bonchev–Trinajstić information content (AvgIpc) is 2.10. The minimum absolute atomic E-state index is 0.464. The van der Waals surface area contributed by atoms with E-state index >= 15 is 0 Å². The lowest BCUT2D eigenvalue weighted by Gasteiger charge is -2.34. The molecule has 1 aliphatic rings. The lowest BCUT2D eigenvalue weighted by molar-refractivity contribution is -0.131. The van der Waals surface area contributed by atoms with Gasteiger partial charge in [0.25, 0.3) is 0 Å². The topological polar surface area (TPSA) is 57.5 Å². The Bertz CT molecular complexity index is 225. The van der Waals surface area contributed by atoms with Gasteiger partial charge in [0.15, 0.2) is 0 Å². The summed E-state index contributed by atoms with van der Waals surface area (Å²) in [5.41, 5.74) is -0.654. The number of carboxylic acids is 1. The van der Waals surface area contributed by atoms with Gasteiger partial charge in [-0.15, -0.1) is 0 Å². The summed E-state index contributed by atoms with van der Waals surface area (Å²) in [6.07, 6.45) is 6.78. The predicted octanol–water partition coefficient (Wildman–Crippen LogP) is 1.96. The molecule has 0 aliphatic heterocycles. The second-order valence-electron chi connectivity index (χ2n) is 4.35. The molecule has 0 atom stereocenters. The van der Waals surface area contributed by atoms with Crippen LogP contribution in [0.5, 0.6) is 0 Å². The Morgan fingerprint density at radius 2 is 2.07 bits per heavy atom. The molecule has 1 aliphatic carbocycles. The highest BCUT2D eigenvalue weighted by molar-refractivity contribution is 5.79. The highest BCUT2D eigenvalue weighted by atomic mass is 16.4. The van der Waals surface area contributed by atoms with Crippen molar-refractivity contribution in [3.63, 3.8) is 0 Å². The van der Waals surface area contributed by atoms with Crippen LogP contribution in [0.15, 0.2) is 12.2 Å². The van der Waals surface area contributed by atoms with Crippen molar-refractivity contribution in [3.8, 4) is 0 Å². The Kier molecular flexibility index (Phi) is 3.69. The molecule has 2 N–H and O–H groups in total. The first-order chi connectivity index (χ1) is 6.52. The summed E-state index contributed by atoms with van der Waals surface area (Å²) < 4.78 is 0.